The van der Waals surface area contributed by atoms with Gasteiger partial charge in [0, 0.05) is 6.42 Å². The second-order valence-electron chi connectivity index (χ2n) is 6.44. The van der Waals surface area contributed by atoms with Crippen molar-refractivity contribution in [2.75, 3.05) is 0 Å². The molecular weight excluding hydrogens is 320 g/mol. The van der Waals surface area contributed by atoms with Crippen LogP contribution in [0.2, 0.25) is 0 Å². The maximum atomic E-state index is 12.7. The molecule has 3 aromatic carbocycles. The van der Waals surface area contributed by atoms with Gasteiger partial charge in [-0.2, -0.15) is 0 Å². The zero-order valence-corrected chi connectivity index (χ0v) is 15.1. The number of carbonyl (C=O) groups excluding carboxylic acids is 1. The van der Waals surface area contributed by atoms with Gasteiger partial charge < -0.3 is 4.74 Å². The molecule has 0 aliphatic heterocycles. The number of hydrogen-bond acceptors (Lipinski definition) is 2. The molecule has 1 atom stereocenters. The van der Waals surface area contributed by atoms with Gasteiger partial charge in [0.25, 0.3) is 0 Å². The van der Waals surface area contributed by atoms with E-state index in [0.29, 0.717) is 12.0 Å². The predicted molar refractivity (Wildman–Crippen MR) is 105 cm³/mol. The SMILES string of the molecule is CCCc1ccc(C(=O)OC(Cc2ccccc2)c2ccccc2)cc1. The van der Waals surface area contributed by atoms with Gasteiger partial charge in [0.2, 0.25) is 0 Å². The fraction of sp³-hybridized carbons (Fsp3) is 0.208. The maximum absolute atomic E-state index is 12.7. The highest BCUT2D eigenvalue weighted by atomic mass is 16.5. The Labute approximate surface area is 155 Å². The van der Waals surface area contributed by atoms with Crippen molar-refractivity contribution < 1.29 is 9.53 Å². The summed E-state index contributed by atoms with van der Waals surface area (Å²) in [6.45, 7) is 2.15. The van der Waals surface area contributed by atoms with E-state index in [2.05, 4.69) is 19.1 Å². The van der Waals surface area contributed by atoms with Crippen molar-refractivity contribution in [3.8, 4) is 0 Å². The largest absolute Gasteiger partial charge is 0.454 e. The molecule has 0 aliphatic carbocycles. The lowest BCUT2D eigenvalue weighted by molar-refractivity contribution is 0.0297. The number of rotatable bonds is 7. The van der Waals surface area contributed by atoms with Gasteiger partial charge in [0.15, 0.2) is 0 Å². The summed E-state index contributed by atoms with van der Waals surface area (Å²) >= 11 is 0. The summed E-state index contributed by atoms with van der Waals surface area (Å²) in [7, 11) is 0. The third kappa shape index (κ3) is 4.82. The number of esters is 1. The number of carbonyl (C=O) groups is 1. The van der Waals surface area contributed by atoms with Gasteiger partial charge in [0.1, 0.15) is 6.10 Å². The average Bonchev–Trinajstić information content (AvgIpc) is 2.70. The fourth-order valence-electron chi connectivity index (χ4n) is 3.02. The molecule has 0 aliphatic rings. The van der Waals surface area contributed by atoms with Gasteiger partial charge in [-0.05, 0) is 35.2 Å². The van der Waals surface area contributed by atoms with Gasteiger partial charge in [-0.1, -0.05) is 86.1 Å². The summed E-state index contributed by atoms with van der Waals surface area (Å²) in [6.07, 6.45) is 2.47. The highest BCUT2D eigenvalue weighted by Gasteiger charge is 2.18. The molecule has 0 fully saturated rings. The molecule has 132 valence electrons. The summed E-state index contributed by atoms with van der Waals surface area (Å²) in [5.74, 6) is -0.280. The van der Waals surface area contributed by atoms with Crippen molar-refractivity contribution >= 4 is 5.97 Å². The summed E-state index contributed by atoms with van der Waals surface area (Å²) in [4.78, 5) is 12.7. The van der Waals surface area contributed by atoms with E-state index in [1.165, 1.54) is 5.56 Å². The number of aryl methyl sites for hydroxylation is 1. The predicted octanol–water partition coefficient (Wildman–Crippen LogP) is 5.78. The van der Waals surface area contributed by atoms with Crippen LogP contribution in [0, 0.1) is 0 Å². The minimum Gasteiger partial charge on any atom is -0.454 e. The van der Waals surface area contributed by atoms with E-state index in [9.17, 15) is 4.79 Å². The minimum absolute atomic E-state index is 0.280. The Hall–Kier alpha value is -2.87. The van der Waals surface area contributed by atoms with E-state index in [4.69, 9.17) is 4.74 Å². The Morgan fingerprint density at radius 1 is 0.808 bits per heavy atom. The number of hydrogen-bond donors (Lipinski definition) is 0. The van der Waals surface area contributed by atoms with Crippen LogP contribution in [0.5, 0.6) is 0 Å². The molecule has 0 heterocycles. The maximum Gasteiger partial charge on any atom is 0.338 e. The summed E-state index contributed by atoms with van der Waals surface area (Å²) < 4.78 is 5.89. The van der Waals surface area contributed by atoms with Crippen LogP contribution in [0.4, 0.5) is 0 Å². The standard InChI is InChI=1S/C24H24O2/c1-2-9-19-14-16-22(17-15-19)24(25)26-23(21-12-7-4-8-13-21)18-20-10-5-3-6-11-20/h3-8,10-17,23H,2,9,18H2,1H3. The van der Waals surface area contributed by atoms with Crippen molar-refractivity contribution in [3.05, 3.63) is 107 Å². The Bertz CT molecular complexity index is 808. The Morgan fingerprint density at radius 2 is 1.42 bits per heavy atom. The van der Waals surface area contributed by atoms with Crippen LogP contribution in [-0.2, 0) is 17.6 Å². The van der Waals surface area contributed by atoms with Crippen LogP contribution >= 0.6 is 0 Å². The molecule has 0 radical (unpaired) electrons. The highest BCUT2D eigenvalue weighted by molar-refractivity contribution is 5.89. The average molecular weight is 344 g/mol. The van der Waals surface area contributed by atoms with Gasteiger partial charge in [-0.25, -0.2) is 4.79 Å². The molecule has 2 heteroatoms. The highest BCUT2D eigenvalue weighted by Crippen LogP contribution is 2.24. The lowest BCUT2D eigenvalue weighted by Gasteiger charge is -2.19. The molecule has 2 nitrogen and oxygen atoms in total. The van der Waals surface area contributed by atoms with Crippen molar-refractivity contribution in [2.24, 2.45) is 0 Å². The first-order chi connectivity index (χ1) is 12.8. The smallest absolute Gasteiger partial charge is 0.338 e. The van der Waals surface area contributed by atoms with Crippen LogP contribution in [-0.4, -0.2) is 5.97 Å². The van der Waals surface area contributed by atoms with Crippen LogP contribution in [0.1, 0.15) is 46.5 Å². The van der Waals surface area contributed by atoms with Crippen LogP contribution < -0.4 is 0 Å². The van der Waals surface area contributed by atoms with Gasteiger partial charge in [-0.3, -0.25) is 0 Å². The van der Waals surface area contributed by atoms with Crippen LogP contribution in [0.3, 0.4) is 0 Å². The number of ether oxygens (including phenoxy) is 1. The molecule has 0 saturated heterocycles. The van der Waals surface area contributed by atoms with E-state index in [-0.39, 0.29) is 12.1 Å². The molecule has 0 aromatic heterocycles. The quantitative estimate of drug-likeness (QED) is 0.508. The third-order valence-corrected chi connectivity index (χ3v) is 4.41. The first-order valence-corrected chi connectivity index (χ1v) is 9.15. The van der Waals surface area contributed by atoms with E-state index in [0.717, 1.165) is 24.0 Å². The van der Waals surface area contributed by atoms with Crippen LogP contribution in [0.15, 0.2) is 84.9 Å². The zero-order chi connectivity index (χ0) is 18.2. The molecule has 3 rings (SSSR count). The van der Waals surface area contributed by atoms with E-state index < -0.39 is 0 Å². The van der Waals surface area contributed by atoms with Crippen molar-refractivity contribution in [1.29, 1.82) is 0 Å². The van der Waals surface area contributed by atoms with E-state index in [1.807, 2.05) is 72.8 Å². The molecular formula is C24H24O2. The minimum atomic E-state index is -0.304. The van der Waals surface area contributed by atoms with E-state index >= 15 is 0 Å². The first kappa shape index (κ1) is 17.9. The Morgan fingerprint density at radius 3 is 2.04 bits per heavy atom. The molecule has 1 unspecified atom stereocenters. The monoisotopic (exact) mass is 344 g/mol. The topological polar surface area (TPSA) is 26.3 Å². The Balaban J connectivity index is 1.77. The van der Waals surface area contributed by atoms with Crippen LogP contribution in [0.25, 0.3) is 0 Å². The third-order valence-electron chi connectivity index (χ3n) is 4.41. The summed E-state index contributed by atoms with van der Waals surface area (Å²) in [5, 5.41) is 0. The second kappa shape index (κ2) is 9.00. The van der Waals surface area contributed by atoms with Crippen molar-refractivity contribution in [3.63, 3.8) is 0 Å². The molecule has 0 amide bonds. The number of benzene rings is 3. The van der Waals surface area contributed by atoms with Gasteiger partial charge in [-0.15, -0.1) is 0 Å². The molecule has 0 bridgehead atoms. The second-order valence-corrected chi connectivity index (χ2v) is 6.44. The molecule has 0 saturated carbocycles. The lowest BCUT2D eigenvalue weighted by atomic mass is 10.0. The van der Waals surface area contributed by atoms with Gasteiger partial charge >= 0.3 is 5.97 Å². The first-order valence-electron chi connectivity index (χ1n) is 9.15. The summed E-state index contributed by atoms with van der Waals surface area (Å²) in [6, 6.07) is 27.8. The molecule has 26 heavy (non-hydrogen) atoms. The van der Waals surface area contributed by atoms with Crippen molar-refractivity contribution in [1.82, 2.24) is 0 Å². The van der Waals surface area contributed by atoms with Gasteiger partial charge in [0.05, 0.1) is 5.56 Å². The molecule has 0 N–H and O–H groups in total. The summed E-state index contributed by atoms with van der Waals surface area (Å²) in [5.41, 5.74) is 3.99. The zero-order valence-electron chi connectivity index (χ0n) is 15.1. The molecule has 0 spiro atoms. The molecule has 3 aromatic rings. The lowest BCUT2D eigenvalue weighted by Crippen LogP contribution is -2.14. The van der Waals surface area contributed by atoms with Crippen molar-refractivity contribution in [2.45, 2.75) is 32.3 Å². The fourth-order valence-corrected chi connectivity index (χ4v) is 3.02. The Kier molecular flexibility index (Phi) is 6.21. The normalized spacial score (nSPS) is 11.7. The van der Waals surface area contributed by atoms with E-state index in [1.54, 1.807) is 0 Å².